The van der Waals surface area contributed by atoms with Gasteiger partial charge in [0.1, 0.15) is 11.8 Å². The average molecular weight is 279 g/mol. The van der Waals surface area contributed by atoms with Gasteiger partial charge in [-0.15, -0.1) is 0 Å². The Kier molecular flexibility index (Phi) is 6.52. The summed E-state index contributed by atoms with van der Waals surface area (Å²) < 4.78 is 10.7. The fourth-order valence-electron chi connectivity index (χ4n) is 1.91. The molecule has 20 heavy (non-hydrogen) atoms. The van der Waals surface area contributed by atoms with Gasteiger partial charge in [-0.2, -0.15) is 0 Å². The molecule has 0 saturated heterocycles. The van der Waals surface area contributed by atoms with Gasteiger partial charge >= 0.3 is 5.97 Å². The van der Waals surface area contributed by atoms with Gasteiger partial charge in [-0.25, -0.2) is 0 Å². The maximum Gasteiger partial charge on any atom is 0.323 e. The van der Waals surface area contributed by atoms with Gasteiger partial charge in [0.15, 0.2) is 0 Å². The molecule has 0 saturated carbocycles. The number of rotatable bonds is 7. The molecule has 0 heterocycles. The van der Waals surface area contributed by atoms with Crippen LogP contribution in [0.2, 0.25) is 0 Å². The van der Waals surface area contributed by atoms with Crippen molar-refractivity contribution in [3.63, 3.8) is 0 Å². The van der Waals surface area contributed by atoms with Crippen LogP contribution >= 0.6 is 0 Å². The number of hydrogen-bond donors (Lipinski definition) is 1. The van der Waals surface area contributed by atoms with Gasteiger partial charge in [-0.05, 0) is 37.0 Å². The lowest BCUT2D eigenvalue weighted by Crippen LogP contribution is -2.33. The second-order valence-corrected chi connectivity index (χ2v) is 5.19. The van der Waals surface area contributed by atoms with Crippen molar-refractivity contribution < 1.29 is 14.3 Å². The van der Waals surface area contributed by atoms with E-state index in [9.17, 15) is 4.79 Å². The van der Waals surface area contributed by atoms with Gasteiger partial charge in [0, 0.05) is 6.42 Å². The summed E-state index contributed by atoms with van der Waals surface area (Å²) in [5.41, 5.74) is 8.06. The van der Waals surface area contributed by atoms with E-state index in [0.717, 1.165) is 11.3 Å². The van der Waals surface area contributed by atoms with Crippen molar-refractivity contribution in [2.45, 2.75) is 46.1 Å². The Hall–Kier alpha value is -1.55. The van der Waals surface area contributed by atoms with Crippen LogP contribution in [0.1, 0.15) is 44.2 Å². The minimum atomic E-state index is -0.623. The normalized spacial score (nSPS) is 12.3. The van der Waals surface area contributed by atoms with E-state index in [1.807, 2.05) is 13.0 Å². The van der Waals surface area contributed by atoms with Gasteiger partial charge in [-0.3, -0.25) is 4.79 Å². The first-order valence-electron chi connectivity index (χ1n) is 7.11. The lowest BCUT2D eigenvalue weighted by molar-refractivity contribution is -0.145. The highest BCUT2D eigenvalue weighted by molar-refractivity contribution is 5.75. The predicted octanol–water partition coefficient (Wildman–Crippen LogP) is 2.78. The smallest absolute Gasteiger partial charge is 0.323 e. The number of ether oxygens (including phenoxy) is 2. The van der Waals surface area contributed by atoms with E-state index in [1.54, 1.807) is 6.92 Å². The van der Waals surface area contributed by atoms with Crippen molar-refractivity contribution in [2.24, 2.45) is 5.73 Å². The molecule has 0 bridgehead atoms. The quantitative estimate of drug-likeness (QED) is 0.780. The standard InChI is InChI=1S/C16H25NO3/c1-5-19-16(18)14(17)8-9-20-15-10-12(4)6-7-13(15)11(2)3/h6-7,10-11,14H,5,8-9,17H2,1-4H3. The molecule has 0 radical (unpaired) electrons. The second-order valence-electron chi connectivity index (χ2n) is 5.19. The maximum atomic E-state index is 11.4. The molecule has 1 aromatic carbocycles. The lowest BCUT2D eigenvalue weighted by atomic mass is 10.0. The zero-order valence-electron chi connectivity index (χ0n) is 12.8. The van der Waals surface area contributed by atoms with Crippen LogP contribution < -0.4 is 10.5 Å². The monoisotopic (exact) mass is 279 g/mol. The number of benzene rings is 1. The first kappa shape index (κ1) is 16.5. The Bertz CT molecular complexity index is 443. The number of carbonyl (C=O) groups excluding carboxylic acids is 1. The molecule has 2 N–H and O–H groups in total. The predicted molar refractivity (Wildman–Crippen MR) is 80.0 cm³/mol. The summed E-state index contributed by atoms with van der Waals surface area (Å²) >= 11 is 0. The fourth-order valence-corrected chi connectivity index (χ4v) is 1.91. The SMILES string of the molecule is CCOC(=O)C(N)CCOc1cc(C)ccc1C(C)C. The van der Waals surface area contributed by atoms with Crippen LogP contribution in [-0.4, -0.2) is 25.2 Å². The van der Waals surface area contributed by atoms with E-state index in [1.165, 1.54) is 5.56 Å². The van der Waals surface area contributed by atoms with Crippen molar-refractivity contribution in [3.8, 4) is 5.75 Å². The van der Waals surface area contributed by atoms with Crippen LogP contribution in [0.5, 0.6) is 5.75 Å². The van der Waals surface area contributed by atoms with Crippen LogP contribution in [0, 0.1) is 6.92 Å². The summed E-state index contributed by atoms with van der Waals surface area (Å²) in [6.45, 7) is 8.81. The first-order valence-corrected chi connectivity index (χ1v) is 7.11. The number of carbonyl (C=O) groups is 1. The third-order valence-corrected chi connectivity index (χ3v) is 3.07. The van der Waals surface area contributed by atoms with E-state index in [-0.39, 0.29) is 5.97 Å². The van der Waals surface area contributed by atoms with E-state index in [4.69, 9.17) is 15.2 Å². The Labute approximate surface area is 121 Å². The molecule has 1 aromatic rings. The molecule has 0 spiro atoms. The first-order chi connectivity index (χ1) is 9.45. The molecule has 0 fully saturated rings. The molecular weight excluding hydrogens is 254 g/mol. The van der Waals surface area contributed by atoms with Crippen LogP contribution in [0.4, 0.5) is 0 Å². The Morgan fingerprint density at radius 3 is 2.65 bits per heavy atom. The molecule has 4 heteroatoms. The van der Waals surface area contributed by atoms with Crippen LogP contribution in [0.3, 0.4) is 0 Å². The Balaban J connectivity index is 2.57. The zero-order valence-corrected chi connectivity index (χ0v) is 12.8. The fraction of sp³-hybridized carbons (Fsp3) is 0.562. The Morgan fingerprint density at radius 2 is 2.05 bits per heavy atom. The van der Waals surface area contributed by atoms with Gasteiger partial charge < -0.3 is 15.2 Å². The highest BCUT2D eigenvalue weighted by Gasteiger charge is 2.15. The van der Waals surface area contributed by atoms with Crippen molar-refractivity contribution >= 4 is 5.97 Å². The molecule has 112 valence electrons. The lowest BCUT2D eigenvalue weighted by Gasteiger charge is -2.16. The maximum absolute atomic E-state index is 11.4. The second kappa shape index (κ2) is 7.90. The topological polar surface area (TPSA) is 61.5 Å². The molecule has 1 unspecified atom stereocenters. The number of hydrogen-bond acceptors (Lipinski definition) is 4. The summed E-state index contributed by atoms with van der Waals surface area (Å²) in [6.07, 6.45) is 0.449. The third kappa shape index (κ3) is 4.85. The minimum absolute atomic E-state index is 0.350. The van der Waals surface area contributed by atoms with Crippen LogP contribution in [0.15, 0.2) is 18.2 Å². The van der Waals surface area contributed by atoms with Gasteiger partial charge in [0.05, 0.1) is 13.2 Å². The highest BCUT2D eigenvalue weighted by Crippen LogP contribution is 2.27. The third-order valence-electron chi connectivity index (χ3n) is 3.07. The summed E-state index contributed by atoms with van der Waals surface area (Å²) in [5.74, 6) is 0.893. The van der Waals surface area contributed by atoms with E-state index < -0.39 is 6.04 Å². The molecule has 0 aliphatic heterocycles. The molecule has 0 amide bonds. The van der Waals surface area contributed by atoms with Gasteiger partial charge in [0.25, 0.3) is 0 Å². The number of aryl methyl sites for hydroxylation is 1. The zero-order chi connectivity index (χ0) is 15.1. The number of nitrogens with two attached hydrogens (primary N) is 1. The van der Waals surface area contributed by atoms with E-state index in [0.29, 0.717) is 25.6 Å². The molecule has 0 aliphatic carbocycles. The molecule has 0 aliphatic rings. The molecule has 0 aromatic heterocycles. The molecule has 4 nitrogen and oxygen atoms in total. The molecule has 1 rings (SSSR count). The summed E-state index contributed by atoms with van der Waals surface area (Å²) in [6, 6.07) is 5.56. The summed E-state index contributed by atoms with van der Waals surface area (Å²) in [5, 5.41) is 0. The average Bonchev–Trinajstić information content (AvgIpc) is 2.38. The van der Waals surface area contributed by atoms with Gasteiger partial charge in [-0.1, -0.05) is 26.0 Å². The van der Waals surface area contributed by atoms with Gasteiger partial charge in [0.2, 0.25) is 0 Å². The molecular formula is C16H25NO3. The number of esters is 1. The highest BCUT2D eigenvalue weighted by atomic mass is 16.5. The molecule has 1 atom stereocenters. The van der Waals surface area contributed by atoms with Crippen molar-refractivity contribution in [3.05, 3.63) is 29.3 Å². The minimum Gasteiger partial charge on any atom is -0.493 e. The summed E-state index contributed by atoms with van der Waals surface area (Å²) in [7, 11) is 0. The van der Waals surface area contributed by atoms with Crippen molar-refractivity contribution in [1.29, 1.82) is 0 Å². The van der Waals surface area contributed by atoms with Crippen molar-refractivity contribution in [1.82, 2.24) is 0 Å². The van der Waals surface area contributed by atoms with E-state index >= 15 is 0 Å². The van der Waals surface area contributed by atoms with Crippen LogP contribution in [0.25, 0.3) is 0 Å². The van der Waals surface area contributed by atoms with Crippen LogP contribution in [-0.2, 0) is 9.53 Å². The van der Waals surface area contributed by atoms with Crippen molar-refractivity contribution in [2.75, 3.05) is 13.2 Å². The summed E-state index contributed by atoms with van der Waals surface area (Å²) in [4.78, 5) is 11.4. The Morgan fingerprint density at radius 1 is 1.35 bits per heavy atom. The largest absolute Gasteiger partial charge is 0.493 e. The van der Waals surface area contributed by atoms with E-state index in [2.05, 4.69) is 26.0 Å².